The zero-order valence-electron chi connectivity index (χ0n) is 19.1. The number of ether oxygens (including phenoxy) is 2. The molecule has 4 N–H and O–H groups in total. The number of carboxylic acid groups (broad SMARTS) is 1. The number of rotatable bonds is 7. The molecule has 12 heteroatoms. The van der Waals surface area contributed by atoms with Crippen molar-refractivity contribution in [2.75, 3.05) is 32.1 Å². The van der Waals surface area contributed by atoms with E-state index < -0.39 is 47.5 Å². The minimum absolute atomic E-state index is 0.152. The van der Waals surface area contributed by atoms with Gasteiger partial charge in [-0.3, -0.25) is 0 Å². The van der Waals surface area contributed by atoms with Crippen LogP contribution in [0.5, 0.6) is 5.75 Å². The van der Waals surface area contributed by atoms with Crippen molar-refractivity contribution in [1.82, 2.24) is 4.90 Å². The second-order valence-electron chi connectivity index (χ2n) is 8.67. The van der Waals surface area contributed by atoms with Crippen LogP contribution in [0.25, 0.3) is 0 Å². The molecule has 2 heterocycles. The Morgan fingerprint density at radius 3 is 2.51 bits per heavy atom. The van der Waals surface area contributed by atoms with Gasteiger partial charge < -0.3 is 39.7 Å². The monoisotopic (exact) mass is 526 g/mol. The molecule has 1 saturated heterocycles. The summed E-state index contributed by atoms with van der Waals surface area (Å²) in [4.78, 5) is 16.5. The van der Waals surface area contributed by atoms with Gasteiger partial charge in [-0.25, -0.2) is 9.00 Å². The van der Waals surface area contributed by atoms with Crippen LogP contribution in [0.4, 0.5) is 11.4 Å². The molecular weight excluding hydrogens is 500 g/mol. The predicted octanol–water partition coefficient (Wildman–Crippen LogP) is 1.18. The van der Waals surface area contributed by atoms with Crippen molar-refractivity contribution >= 4 is 39.7 Å². The molecule has 2 aliphatic heterocycles. The lowest BCUT2D eigenvalue weighted by Crippen LogP contribution is -2.61. The first kappa shape index (κ1) is 25.8. The largest absolute Gasteiger partial charge is 0.479 e. The van der Waals surface area contributed by atoms with Crippen molar-refractivity contribution in [3.05, 3.63) is 41.4 Å². The van der Waals surface area contributed by atoms with Gasteiger partial charge in [0.25, 0.3) is 0 Å². The molecule has 0 aliphatic carbocycles. The Morgan fingerprint density at radius 2 is 1.83 bits per heavy atom. The zero-order valence-corrected chi connectivity index (χ0v) is 20.6. The predicted molar refractivity (Wildman–Crippen MR) is 128 cm³/mol. The maximum absolute atomic E-state index is 13.4. The molecule has 0 amide bonds. The fourth-order valence-corrected chi connectivity index (χ4v) is 5.66. The quantitative estimate of drug-likeness (QED) is 0.415. The molecule has 35 heavy (non-hydrogen) atoms. The number of aliphatic hydroxyl groups excluding tert-OH is 3. The van der Waals surface area contributed by atoms with Gasteiger partial charge in [-0.2, -0.15) is 0 Å². The normalized spacial score (nSPS) is 27.9. The molecular formula is C23H27ClN2O8S. The van der Waals surface area contributed by atoms with E-state index in [-0.39, 0.29) is 5.75 Å². The molecule has 0 aromatic heterocycles. The molecule has 1 unspecified atom stereocenters. The minimum Gasteiger partial charge on any atom is -0.479 e. The van der Waals surface area contributed by atoms with E-state index in [4.69, 9.17) is 21.1 Å². The summed E-state index contributed by atoms with van der Waals surface area (Å²) in [5.41, 5.74) is 1.45. The van der Waals surface area contributed by atoms with Gasteiger partial charge in [0.15, 0.2) is 6.10 Å². The number of anilines is 2. The van der Waals surface area contributed by atoms with Gasteiger partial charge in [0, 0.05) is 11.6 Å². The van der Waals surface area contributed by atoms with Crippen molar-refractivity contribution in [1.29, 1.82) is 0 Å². The number of nitrogens with zero attached hydrogens (tertiary/aromatic N) is 2. The van der Waals surface area contributed by atoms with E-state index in [1.54, 1.807) is 30.3 Å². The van der Waals surface area contributed by atoms with Crippen LogP contribution in [-0.2, 0) is 20.3 Å². The Labute approximate surface area is 209 Å². The number of aliphatic hydroxyl groups is 3. The Morgan fingerprint density at radius 1 is 1.09 bits per heavy atom. The lowest BCUT2D eigenvalue weighted by Gasteiger charge is -2.38. The molecule has 0 saturated carbocycles. The van der Waals surface area contributed by atoms with E-state index >= 15 is 0 Å². The first-order valence-electron chi connectivity index (χ1n) is 10.9. The van der Waals surface area contributed by atoms with E-state index in [1.165, 1.54) is 6.07 Å². The standard InChI is InChI=1S/C23H27ClN2O8S/c1-25(2)8-3-9-26-14-6-5-13(11-17(14)35(32)16-7-4-12(24)10-15(16)26)33-23-20(29)18(27)19(28)21(34-23)22(30)31/h4-7,10-11,18-21,23,27-29H,3,8-9H2,1-2H3,(H,30,31)/t18-,19-,20+,21-,23+,35?/m0/s1. The number of fused-ring (bicyclic) bond motifs is 2. The molecule has 4 rings (SSSR count). The summed E-state index contributed by atoms with van der Waals surface area (Å²) in [6.07, 6.45) is -7.82. The SMILES string of the molecule is CN(C)CCCN1c2cc(Cl)ccc2S(=O)c2cc(O[C@@H]3O[C@H](C(=O)O)[C@@H](O)[C@H](O)[C@H]3O)ccc21. The van der Waals surface area contributed by atoms with Crippen LogP contribution >= 0.6 is 11.6 Å². The van der Waals surface area contributed by atoms with Gasteiger partial charge in [-0.1, -0.05) is 11.6 Å². The second kappa shape index (κ2) is 10.4. The number of hydrogen-bond acceptors (Lipinski definition) is 9. The maximum Gasteiger partial charge on any atom is 0.335 e. The maximum atomic E-state index is 13.4. The highest BCUT2D eigenvalue weighted by atomic mass is 35.5. The van der Waals surface area contributed by atoms with Crippen molar-refractivity contribution in [3.63, 3.8) is 0 Å². The van der Waals surface area contributed by atoms with Crippen LogP contribution in [-0.4, -0.2) is 93.4 Å². The van der Waals surface area contributed by atoms with E-state index in [0.717, 1.165) is 18.7 Å². The Hall–Kier alpha value is -2.25. The molecule has 0 spiro atoms. The molecule has 2 aromatic rings. The van der Waals surface area contributed by atoms with E-state index in [0.29, 0.717) is 27.0 Å². The van der Waals surface area contributed by atoms with E-state index in [1.807, 2.05) is 19.0 Å². The van der Waals surface area contributed by atoms with E-state index in [2.05, 4.69) is 4.90 Å². The highest BCUT2D eigenvalue weighted by Crippen LogP contribution is 2.44. The van der Waals surface area contributed by atoms with Crippen LogP contribution < -0.4 is 9.64 Å². The summed E-state index contributed by atoms with van der Waals surface area (Å²) in [6, 6.07) is 10.00. The van der Waals surface area contributed by atoms with Crippen molar-refractivity contribution in [2.45, 2.75) is 46.9 Å². The molecule has 190 valence electrons. The first-order valence-corrected chi connectivity index (χ1v) is 12.5. The molecule has 0 bridgehead atoms. The number of aliphatic carboxylic acids is 1. The third-order valence-corrected chi connectivity index (χ3v) is 7.59. The van der Waals surface area contributed by atoms with Crippen LogP contribution in [0.15, 0.2) is 46.2 Å². The van der Waals surface area contributed by atoms with Crippen molar-refractivity contribution < 1.29 is 38.9 Å². The summed E-state index contributed by atoms with van der Waals surface area (Å²) in [6.45, 7) is 1.49. The lowest BCUT2D eigenvalue weighted by molar-refractivity contribution is -0.271. The van der Waals surface area contributed by atoms with Gasteiger partial charge in [-0.05, 0) is 63.5 Å². The van der Waals surface area contributed by atoms with Gasteiger partial charge >= 0.3 is 5.97 Å². The molecule has 2 aromatic carbocycles. The van der Waals surface area contributed by atoms with Crippen LogP contribution in [0.1, 0.15) is 6.42 Å². The molecule has 6 atom stereocenters. The number of carbonyl (C=O) groups is 1. The summed E-state index contributed by atoms with van der Waals surface area (Å²) in [5, 5.41) is 39.9. The van der Waals surface area contributed by atoms with Crippen LogP contribution in [0, 0.1) is 0 Å². The average Bonchev–Trinajstić information content (AvgIpc) is 2.81. The number of carboxylic acids is 1. The molecule has 2 aliphatic rings. The summed E-state index contributed by atoms with van der Waals surface area (Å²) in [5.74, 6) is -1.35. The lowest BCUT2D eigenvalue weighted by atomic mass is 9.99. The second-order valence-corrected chi connectivity index (χ2v) is 10.5. The first-order chi connectivity index (χ1) is 16.6. The van der Waals surface area contributed by atoms with Gasteiger partial charge in [0.1, 0.15) is 24.1 Å². The van der Waals surface area contributed by atoms with Crippen molar-refractivity contribution in [2.24, 2.45) is 0 Å². The van der Waals surface area contributed by atoms with Gasteiger partial charge in [0.05, 0.1) is 32.0 Å². The summed E-state index contributed by atoms with van der Waals surface area (Å²) < 4.78 is 24.3. The summed E-state index contributed by atoms with van der Waals surface area (Å²) in [7, 11) is 2.41. The fraction of sp³-hybridized carbons (Fsp3) is 0.435. The van der Waals surface area contributed by atoms with Crippen molar-refractivity contribution in [3.8, 4) is 5.75 Å². The Kier molecular flexibility index (Phi) is 7.67. The highest BCUT2D eigenvalue weighted by Gasteiger charge is 2.48. The number of hydrogen-bond donors (Lipinski definition) is 4. The summed E-state index contributed by atoms with van der Waals surface area (Å²) >= 11 is 6.23. The fourth-order valence-electron chi connectivity index (χ4n) is 4.12. The van der Waals surface area contributed by atoms with Gasteiger partial charge in [0.2, 0.25) is 6.29 Å². The third kappa shape index (κ3) is 5.17. The number of benzene rings is 2. The topological polar surface area (TPSA) is 140 Å². The Bertz CT molecular complexity index is 1130. The van der Waals surface area contributed by atoms with Gasteiger partial charge in [-0.15, -0.1) is 0 Å². The van der Waals surface area contributed by atoms with E-state index in [9.17, 15) is 29.4 Å². The molecule has 10 nitrogen and oxygen atoms in total. The Balaban J connectivity index is 1.64. The third-order valence-electron chi connectivity index (χ3n) is 5.89. The molecule has 0 radical (unpaired) electrons. The average molecular weight is 527 g/mol. The minimum atomic E-state index is -1.82. The number of halogens is 1. The van der Waals surface area contributed by atoms with Crippen LogP contribution in [0.3, 0.4) is 0 Å². The smallest absolute Gasteiger partial charge is 0.335 e. The molecule has 1 fully saturated rings. The zero-order chi connectivity index (χ0) is 25.4. The van der Waals surface area contributed by atoms with Crippen LogP contribution in [0.2, 0.25) is 5.02 Å². The highest BCUT2D eigenvalue weighted by molar-refractivity contribution is 7.85.